The third-order valence-electron chi connectivity index (χ3n) is 10.0. The van der Waals surface area contributed by atoms with Gasteiger partial charge in [-0.05, 0) is 69.9 Å². The fourth-order valence-electron chi connectivity index (χ4n) is 6.99. The normalized spacial score (nSPS) is 17.7. The van der Waals surface area contributed by atoms with Crippen LogP contribution in [0.4, 0.5) is 0 Å². The Kier molecular flexibility index (Phi) is 25.3. The molecule has 55 heavy (non-hydrogen) atoms. The summed E-state index contributed by atoms with van der Waals surface area (Å²) in [5, 5.41) is 23.3. The molecule has 4 N–H and O–H groups in total. The van der Waals surface area contributed by atoms with Crippen LogP contribution in [0.3, 0.4) is 0 Å². The molecule has 8 atom stereocenters. The Labute approximate surface area is 330 Å². The van der Waals surface area contributed by atoms with Gasteiger partial charge >= 0.3 is 5.97 Å². The summed E-state index contributed by atoms with van der Waals surface area (Å²) in [6.07, 6.45) is 4.14. The van der Waals surface area contributed by atoms with Crippen LogP contribution in [-0.4, -0.2) is 147 Å². The van der Waals surface area contributed by atoms with Gasteiger partial charge in [-0.2, -0.15) is 0 Å². The van der Waals surface area contributed by atoms with E-state index in [0.717, 1.165) is 31.1 Å². The third kappa shape index (κ3) is 17.0. The van der Waals surface area contributed by atoms with Crippen molar-refractivity contribution in [2.45, 2.75) is 123 Å². The van der Waals surface area contributed by atoms with Crippen molar-refractivity contribution in [3.8, 4) is 5.75 Å². The van der Waals surface area contributed by atoms with E-state index in [1.807, 2.05) is 51.6 Å². The minimum atomic E-state index is -0.874. The van der Waals surface area contributed by atoms with E-state index >= 15 is 0 Å². The van der Waals surface area contributed by atoms with Gasteiger partial charge in [-0.1, -0.05) is 73.4 Å². The van der Waals surface area contributed by atoms with Crippen molar-refractivity contribution in [3.05, 3.63) is 29.8 Å². The Bertz CT molecular complexity index is 1270. The zero-order valence-electron chi connectivity index (χ0n) is 35.8. The lowest BCUT2D eigenvalue weighted by atomic mass is 9.90. The number of hydrogen-bond acceptors (Lipinski definition) is 10. The number of rotatable bonds is 20. The number of ether oxygens (including phenoxy) is 2. The standard InChI is InChI=1S/C28H52N4O6.C10H13NO3.C3H8/c1-11-19(4)26(31(8)24(35)16-29-28(36)25(18(2)3)30(6)7)22(37-9)15-23(34)32-14-12-13-21(32)27(38-10)20(5)17-33;1-11-9(10(13)14)6-7-2-4-8(12)5-3-7;1-3-2/h17-22,25-27H,11-16H2,1-10H3,(H,29,36);2-5,9,11-12H,6H2,1H3,(H,13,14);3H2,1-2H3. The van der Waals surface area contributed by atoms with Gasteiger partial charge in [0.15, 0.2) is 0 Å². The lowest BCUT2D eigenvalue weighted by Crippen LogP contribution is -2.55. The summed E-state index contributed by atoms with van der Waals surface area (Å²) in [5.74, 6) is -1.38. The molecule has 0 saturated carbocycles. The molecule has 1 heterocycles. The molecule has 0 spiro atoms. The highest BCUT2D eigenvalue weighted by Crippen LogP contribution is 2.28. The van der Waals surface area contributed by atoms with Gasteiger partial charge in [-0.3, -0.25) is 24.1 Å². The number of methoxy groups -OCH3 is 2. The number of carbonyl (C=O) groups is 5. The van der Waals surface area contributed by atoms with Crippen LogP contribution in [-0.2, 0) is 39.9 Å². The number of likely N-dealkylation sites (tertiary alicyclic amines) is 1. The highest BCUT2D eigenvalue weighted by molar-refractivity contribution is 5.87. The lowest BCUT2D eigenvalue weighted by molar-refractivity contribution is -0.145. The van der Waals surface area contributed by atoms with Gasteiger partial charge in [0.2, 0.25) is 17.7 Å². The summed E-state index contributed by atoms with van der Waals surface area (Å²) >= 11 is 0. The molecular weight excluding hydrogens is 706 g/mol. The molecule has 1 saturated heterocycles. The first-order valence-corrected chi connectivity index (χ1v) is 19.6. The van der Waals surface area contributed by atoms with Crippen LogP contribution >= 0.6 is 0 Å². The summed E-state index contributed by atoms with van der Waals surface area (Å²) in [6, 6.07) is 5.06. The highest BCUT2D eigenvalue weighted by Gasteiger charge is 2.40. The van der Waals surface area contributed by atoms with Crippen LogP contribution in [0.5, 0.6) is 5.75 Å². The maximum atomic E-state index is 13.5. The zero-order valence-corrected chi connectivity index (χ0v) is 35.8. The lowest BCUT2D eigenvalue weighted by Gasteiger charge is -2.39. The molecule has 0 aliphatic carbocycles. The number of carboxylic acids is 1. The second kappa shape index (κ2) is 27.1. The number of amides is 3. The second-order valence-electron chi connectivity index (χ2n) is 15.0. The van der Waals surface area contributed by atoms with E-state index in [9.17, 15) is 24.0 Å². The fraction of sp³-hybridized carbons (Fsp3) is 0.732. The summed E-state index contributed by atoms with van der Waals surface area (Å²) < 4.78 is 11.4. The average Bonchev–Trinajstić information content (AvgIpc) is 3.63. The van der Waals surface area contributed by atoms with Crippen LogP contribution in [0.15, 0.2) is 24.3 Å². The molecule has 1 fully saturated rings. The number of likely N-dealkylation sites (N-methyl/N-ethyl adjacent to an activating group) is 3. The number of carbonyl (C=O) groups excluding carboxylic acids is 4. The van der Waals surface area contributed by atoms with E-state index < -0.39 is 18.1 Å². The van der Waals surface area contributed by atoms with Gasteiger partial charge in [-0.25, -0.2) is 0 Å². The summed E-state index contributed by atoms with van der Waals surface area (Å²) in [5.41, 5.74) is 0.879. The Balaban J connectivity index is 0.00000141. The maximum absolute atomic E-state index is 13.5. The number of benzene rings is 1. The van der Waals surface area contributed by atoms with Gasteiger partial charge in [-0.15, -0.1) is 0 Å². The second-order valence-corrected chi connectivity index (χ2v) is 15.0. The monoisotopic (exact) mass is 780 g/mol. The van der Waals surface area contributed by atoms with E-state index in [-0.39, 0.29) is 78.4 Å². The van der Waals surface area contributed by atoms with Crippen LogP contribution in [0.25, 0.3) is 0 Å². The van der Waals surface area contributed by atoms with E-state index in [4.69, 9.17) is 19.7 Å². The minimum Gasteiger partial charge on any atom is -0.508 e. The Morgan fingerprint density at radius 2 is 1.58 bits per heavy atom. The van der Waals surface area contributed by atoms with Gasteiger partial charge < -0.3 is 44.9 Å². The molecule has 0 radical (unpaired) electrons. The fourth-order valence-corrected chi connectivity index (χ4v) is 6.99. The SMILES string of the molecule is CCC.CCC(C)C(C(CC(=O)N1CCCC1C(OC)C(C)C=O)OC)N(C)C(=O)CNC(=O)C(C(C)C)N(C)C.CNC(Cc1ccc(O)cc1)C(=O)O. The van der Waals surface area contributed by atoms with Crippen molar-refractivity contribution in [2.24, 2.45) is 17.8 Å². The summed E-state index contributed by atoms with van der Waals surface area (Å²) in [6.45, 7) is 14.5. The van der Waals surface area contributed by atoms with Gasteiger partial charge in [0.05, 0.1) is 43.3 Å². The Morgan fingerprint density at radius 1 is 1.00 bits per heavy atom. The summed E-state index contributed by atoms with van der Waals surface area (Å²) in [4.78, 5) is 66.9. The first-order valence-electron chi connectivity index (χ1n) is 19.6. The van der Waals surface area contributed by atoms with Crippen molar-refractivity contribution < 1.29 is 43.7 Å². The number of phenolic OH excluding ortho intramolecular Hbond substituents is 1. The van der Waals surface area contributed by atoms with Crippen LogP contribution in [0, 0.1) is 17.8 Å². The first kappa shape index (κ1) is 51.4. The van der Waals surface area contributed by atoms with E-state index in [1.54, 1.807) is 64.4 Å². The number of aldehydes is 1. The quantitative estimate of drug-likeness (QED) is 0.142. The smallest absolute Gasteiger partial charge is 0.321 e. The van der Waals surface area contributed by atoms with Crippen molar-refractivity contribution in [2.75, 3.05) is 55.5 Å². The van der Waals surface area contributed by atoms with Crippen molar-refractivity contribution in [1.82, 2.24) is 25.3 Å². The zero-order chi connectivity index (χ0) is 42.4. The third-order valence-corrected chi connectivity index (χ3v) is 10.0. The largest absolute Gasteiger partial charge is 0.508 e. The van der Waals surface area contributed by atoms with Gasteiger partial charge in [0.25, 0.3) is 0 Å². The van der Waals surface area contributed by atoms with Gasteiger partial charge in [0, 0.05) is 33.7 Å². The van der Waals surface area contributed by atoms with Crippen LogP contribution in [0.2, 0.25) is 0 Å². The molecule has 1 aromatic rings. The molecule has 1 aromatic carbocycles. The average molecular weight is 780 g/mol. The highest BCUT2D eigenvalue weighted by atomic mass is 16.5. The number of aromatic hydroxyl groups is 1. The molecule has 14 heteroatoms. The molecular formula is C41H73N5O9. The van der Waals surface area contributed by atoms with Crippen LogP contribution < -0.4 is 10.6 Å². The topological polar surface area (TPSA) is 178 Å². The Morgan fingerprint density at radius 3 is 2.02 bits per heavy atom. The number of hydrogen-bond donors (Lipinski definition) is 4. The molecule has 14 nitrogen and oxygen atoms in total. The molecule has 0 aromatic heterocycles. The minimum absolute atomic E-state index is 0.0544. The molecule has 1 aliphatic heterocycles. The molecule has 3 amide bonds. The molecule has 2 rings (SSSR count). The number of carboxylic acid groups (broad SMARTS) is 1. The van der Waals surface area contributed by atoms with E-state index in [0.29, 0.717) is 13.0 Å². The first-order chi connectivity index (χ1) is 25.9. The van der Waals surface area contributed by atoms with E-state index in [1.165, 1.54) is 6.42 Å². The number of nitrogens with zero attached hydrogens (tertiary/aromatic N) is 3. The molecule has 8 unspecified atom stereocenters. The van der Waals surface area contributed by atoms with Crippen molar-refractivity contribution >= 4 is 30.0 Å². The predicted molar refractivity (Wildman–Crippen MR) is 216 cm³/mol. The predicted octanol–water partition coefficient (Wildman–Crippen LogP) is 3.83. The number of aliphatic carboxylic acids is 1. The van der Waals surface area contributed by atoms with E-state index in [2.05, 4.69) is 24.5 Å². The number of nitrogens with one attached hydrogen (secondary N) is 2. The maximum Gasteiger partial charge on any atom is 0.321 e. The molecule has 1 aliphatic rings. The van der Waals surface area contributed by atoms with Crippen LogP contribution in [0.1, 0.15) is 86.1 Å². The summed E-state index contributed by atoms with van der Waals surface area (Å²) in [7, 11) is 10.1. The molecule has 316 valence electrons. The Hall–Kier alpha value is -3.59. The van der Waals surface area contributed by atoms with Gasteiger partial charge in [0.1, 0.15) is 18.1 Å². The van der Waals surface area contributed by atoms with Crippen molar-refractivity contribution in [1.29, 1.82) is 0 Å². The van der Waals surface area contributed by atoms with Crippen molar-refractivity contribution in [3.63, 3.8) is 0 Å². The molecule has 0 bridgehead atoms. The number of phenols is 1.